The molecule has 0 bridgehead atoms. The van der Waals surface area contributed by atoms with Crippen LogP contribution in [0.1, 0.15) is 57.6 Å². The van der Waals surface area contributed by atoms with E-state index in [1.807, 2.05) is 39.8 Å². The van der Waals surface area contributed by atoms with Gasteiger partial charge in [-0.2, -0.15) is 0 Å². The first-order valence-electron chi connectivity index (χ1n) is 12.5. The number of carbonyl (C=O) groups is 2. The lowest BCUT2D eigenvalue weighted by Crippen LogP contribution is -2.50. The van der Waals surface area contributed by atoms with Crippen LogP contribution in [0.3, 0.4) is 0 Å². The lowest BCUT2D eigenvalue weighted by Gasteiger charge is -2.32. The van der Waals surface area contributed by atoms with Crippen molar-refractivity contribution < 1.29 is 18.0 Å². The molecule has 0 aliphatic heterocycles. The van der Waals surface area contributed by atoms with Crippen LogP contribution in [-0.2, 0) is 26.2 Å². The number of sulfonamides is 1. The first kappa shape index (κ1) is 30.9. The molecule has 0 aliphatic carbocycles. The fraction of sp³-hybridized carbons (Fsp3) is 0.481. The summed E-state index contributed by atoms with van der Waals surface area (Å²) in [6.07, 6.45) is 2.63. The maximum absolute atomic E-state index is 13.6. The highest BCUT2D eigenvalue weighted by molar-refractivity contribution is 7.92. The van der Waals surface area contributed by atoms with Gasteiger partial charge in [0.1, 0.15) is 6.04 Å². The lowest BCUT2D eigenvalue weighted by molar-refractivity contribution is -0.141. The van der Waals surface area contributed by atoms with E-state index in [0.717, 1.165) is 18.2 Å². The molecule has 0 radical (unpaired) electrons. The van der Waals surface area contributed by atoms with Crippen LogP contribution < -0.4 is 9.62 Å². The Kier molecular flexibility index (Phi) is 11.7. The summed E-state index contributed by atoms with van der Waals surface area (Å²) in [6, 6.07) is 11.6. The number of anilines is 1. The molecular weight excluding hydrogens is 533 g/mol. The predicted molar refractivity (Wildman–Crippen MR) is 152 cm³/mol. The van der Waals surface area contributed by atoms with Crippen molar-refractivity contribution in [3.8, 4) is 0 Å². The third kappa shape index (κ3) is 8.62. The molecule has 10 heteroatoms. The lowest BCUT2D eigenvalue weighted by atomic mass is 10.1. The van der Waals surface area contributed by atoms with Crippen molar-refractivity contribution in [3.63, 3.8) is 0 Å². The first-order valence-corrected chi connectivity index (χ1v) is 15.1. The normalized spacial score (nSPS) is 13.1. The van der Waals surface area contributed by atoms with Crippen LogP contribution >= 0.6 is 23.2 Å². The van der Waals surface area contributed by atoms with Crippen LogP contribution in [0.25, 0.3) is 0 Å². The summed E-state index contributed by atoms with van der Waals surface area (Å²) in [4.78, 5) is 28.2. The molecule has 0 saturated heterocycles. The Hall–Kier alpha value is -2.29. The van der Waals surface area contributed by atoms with Crippen LogP contribution in [0.4, 0.5) is 5.69 Å². The number of para-hydroxylation sites is 1. The van der Waals surface area contributed by atoms with E-state index in [1.54, 1.807) is 30.3 Å². The van der Waals surface area contributed by atoms with Gasteiger partial charge in [0.25, 0.3) is 0 Å². The van der Waals surface area contributed by atoms with Crippen LogP contribution in [0.2, 0.25) is 10.0 Å². The molecule has 2 aromatic carbocycles. The maximum atomic E-state index is 13.6. The van der Waals surface area contributed by atoms with Crippen molar-refractivity contribution in [3.05, 3.63) is 63.6 Å². The van der Waals surface area contributed by atoms with Gasteiger partial charge in [0.05, 0.1) is 11.9 Å². The summed E-state index contributed by atoms with van der Waals surface area (Å²) in [7, 11) is -3.56. The molecule has 0 unspecified atom stereocenters. The molecule has 0 aromatic heterocycles. The zero-order chi connectivity index (χ0) is 27.8. The van der Waals surface area contributed by atoms with Gasteiger partial charge in [-0.15, -0.1) is 0 Å². The molecule has 0 heterocycles. The third-order valence-electron chi connectivity index (χ3n) is 6.31. The number of nitrogens with one attached hydrogen (secondary N) is 1. The van der Waals surface area contributed by atoms with E-state index in [4.69, 9.17) is 23.2 Å². The number of carbonyl (C=O) groups excluding carboxylic acids is 2. The van der Waals surface area contributed by atoms with Crippen LogP contribution in [0, 0.1) is 6.92 Å². The highest BCUT2D eigenvalue weighted by Crippen LogP contribution is 2.28. The summed E-state index contributed by atoms with van der Waals surface area (Å²) < 4.78 is 26.4. The van der Waals surface area contributed by atoms with Crippen LogP contribution in [0.5, 0.6) is 0 Å². The molecule has 0 aliphatic rings. The van der Waals surface area contributed by atoms with Crippen molar-refractivity contribution in [2.45, 2.75) is 72.0 Å². The first-order chi connectivity index (χ1) is 17.4. The topological polar surface area (TPSA) is 86.8 Å². The zero-order valence-electron chi connectivity index (χ0n) is 22.1. The highest BCUT2D eigenvalue weighted by Gasteiger charge is 2.30. The van der Waals surface area contributed by atoms with Crippen LogP contribution in [0.15, 0.2) is 42.5 Å². The van der Waals surface area contributed by atoms with E-state index in [-0.39, 0.29) is 43.8 Å². The molecule has 2 aromatic rings. The van der Waals surface area contributed by atoms with Crippen molar-refractivity contribution in [2.75, 3.05) is 17.1 Å². The Morgan fingerprint density at radius 2 is 1.62 bits per heavy atom. The molecule has 7 nitrogen and oxygen atoms in total. The second-order valence-electron chi connectivity index (χ2n) is 9.19. The van der Waals surface area contributed by atoms with Gasteiger partial charge in [0, 0.05) is 41.2 Å². The Balaban J connectivity index is 2.29. The summed E-state index contributed by atoms with van der Waals surface area (Å²) >= 11 is 12.8. The fourth-order valence-electron chi connectivity index (χ4n) is 4.04. The van der Waals surface area contributed by atoms with Gasteiger partial charge in [-0.25, -0.2) is 8.42 Å². The van der Waals surface area contributed by atoms with Gasteiger partial charge in [0.15, 0.2) is 0 Å². The largest absolute Gasteiger partial charge is 0.352 e. The summed E-state index contributed by atoms with van der Waals surface area (Å²) in [5.41, 5.74) is 1.96. The van der Waals surface area contributed by atoms with Gasteiger partial charge >= 0.3 is 0 Å². The van der Waals surface area contributed by atoms with Gasteiger partial charge in [-0.3, -0.25) is 13.9 Å². The highest BCUT2D eigenvalue weighted by atomic mass is 35.5. The summed E-state index contributed by atoms with van der Waals surface area (Å²) in [5, 5.41) is 3.78. The molecule has 0 spiro atoms. The van der Waals surface area contributed by atoms with E-state index in [1.165, 1.54) is 9.21 Å². The molecule has 1 N–H and O–H groups in total. The van der Waals surface area contributed by atoms with E-state index >= 15 is 0 Å². The van der Waals surface area contributed by atoms with E-state index in [0.29, 0.717) is 27.7 Å². The molecule has 0 saturated carbocycles. The van der Waals surface area contributed by atoms with Crippen molar-refractivity contribution in [1.29, 1.82) is 0 Å². The number of aryl methyl sites for hydroxylation is 1. The molecular formula is C27H37Cl2N3O4S. The Labute approximate surface area is 231 Å². The summed E-state index contributed by atoms with van der Waals surface area (Å²) in [5.74, 6) is -0.522. The fourth-order valence-corrected chi connectivity index (χ4v) is 5.58. The molecule has 0 fully saturated rings. The number of nitrogens with zero attached hydrogens (tertiary/aromatic N) is 2. The number of amides is 2. The second-order valence-corrected chi connectivity index (χ2v) is 11.9. The maximum Gasteiger partial charge on any atom is 0.243 e. The van der Waals surface area contributed by atoms with E-state index in [9.17, 15) is 18.0 Å². The van der Waals surface area contributed by atoms with Crippen LogP contribution in [-0.4, -0.2) is 50.0 Å². The molecule has 2 amide bonds. The van der Waals surface area contributed by atoms with Gasteiger partial charge < -0.3 is 10.2 Å². The average molecular weight is 571 g/mol. The molecule has 204 valence electrons. The van der Waals surface area contributed by atoms with Crippen molar-refractivity contribution >= 4 is 50.7 Å². The number of halogens is 2. The molecule has 2 rings (SSSR count). The Morgan fingerprint density at radius 3 is 2.16 bits per heavy atom. The zero-order valence-corrected chi connectivity index (χ0v) is 24.5. The van der Waals surface area contributed by atoms with Crippen molar-refractivity contribution in [1.82, 2.24) is 10.2 Å². The smallest absolute Gasteiger partial charge is 0.243 e. The van der Waals surface area contributed by atoms with Gasteiger partial charge in [-0.1, -0.05) is 61.3 Å². The number of benzene rings is 2. The standard InChI is InChI=1S/C27H37Cl2N3O4S/c1-6-20(4)30-27(34)24(7-2)31(18-21-22(28)13-10-14-23(21)29)26(33)16-11-17-32(37(5,35)36)25-15-9-8-12-19(25)3/h8-10,12-15,20,24H,6-7,11,16-18H2,1-5H3,(H,30,34)/t20-,24-/m1/s1. The van der Waals surface area contributed by atoms with E-state index in [2.05, 4.69) is 5.32 Å². The average Bonchev–Trinajstić information content (AvgIpc) is 2.83. The van der Waals surface area contributed by atoms with E-state index < -0.39 is 16.1 Å². The summed E-state index contributed by atoms with van der Waals surface area (Å²) in [6.45, 7) is 7.77. The Morgan fingerprint density at radius 1 is 1.00 bits per heavy atom. The quantitative estimate of drug-likeness (QED) is 0.341. The Bertz CT molecular complexity index is 1170. The molecule has 37 heavy (non-hydrogen) atoms. The molecule has 2 atom stereocenters. The minimum absolute atomic E-state index is 0.0418. The monoisotopic (exact) mass is 569 g/mol. The number of hydrogen-bond acceptors (Lipinski definition) is 4. The SMILES string of the molecule is CC[C@@H](C)NC(=O)[C@@H](CC)N(Cc1c(Cl)cccc1Cl)C(=O)CCCN(c1ccccc1C)S(C)(=O)=O. The van der Waals surface area contributed by atoms with Crippen molar-refractivity contribution in [2.24, 2.45) is 0 Å². The minimum Gasteiger partial charge on any atom is -0.352 e. The number of hydrogen-bond donors (Lipinski definition) is 1. The minimum atomic E-state index is -3.56. The second kappa shape index (κ2) is 14.0. The predicted octanol–water partition coefficient (Wildman–Crippen LogP) is 5.57. The van der Waals surface area contributed by atoms with Gasteiger partial charge in [-0.05, 0) is 56.9 Å². The van der Waals surface area contributed by atoms with Gasteiger partial charge in [0.2, 0.25) is 21.8 Å². The number of rotatable bonds is 13. The third-order valence-corrected chi connectivity index (χ3v) is 8.20.